The molecule has 0 saturated carbocycles. The Morgan fingerprint density at radius 2 is 1.93 bits per heavy atom. The van der Waals surface area contributed by atoms with Crippen molar-refractivity contribution in [3.8, 4) is 28.6 Å². The predicted octanol–water partition coefficient (Wildman–Crippen LogP) is 6.74. The number of H-pyrrole nitrogens is 1. The Bertz CT molecular complexity index is 1750. The predicted molar refractivity (Wildman–Crippen MR) is 143 cm³/mol. The Kier molecular flexibility index (Phi) is 7.55. The topological polar surface area (TPSA) is 78.4 Å². The fourth-order valence-electron chi connectivity index (χ4n) is 4.99. The van der Waals surface area contributed by atoms with Crippen LogP contribution in [-0.2, 0) is 28.6 Å². The number of hydrogen-bond donors (Lipinski definition) is 1. The highest BCUT2D eigenvalue weighted by Gasteiger charge is 2.41. The monoisotopic (exact) mass is 567 g/mol. The molecule has 11 heteroatoms. The number of aldehydes is 1. The average Bonchev–Trinajstić information content (AvgIpc) is 3.67. The van der Waals surface area contributed by atoms with Crippen molar-refractivity contribution in [3.63, 3.8) is 0 Å². The minimum Gasteiger partial charge on any atom is -0.492 e. The second-order valence-electron chi connectivity index (χ2n) is 9.68. The van der Waals surface area contributed by atoms with Crippen LogP contribution in [0.1, 0.15) is 23.7 Å². The van der Waals surface area contributed by atoms with Crippen LogP contribution in [0.4, 0.5) is 17.7 Å². The molecule has 3 aromatic carbocycles. The number of para-hydroxylation sites is 1. The van der Waals surface area contributed by atoms with Crippen molar-refractivity contribution in [2.24, 2.45) is 7.05 Å². The van der Waals surface area contributed by atoms with Crippen LogP contribution in [0.2, 0.25) is 0 Å². The normalized spacial score (nSPS) is 15.7. The van der Waals surface area contributed by atoms with Gasteiger partial charge in [0.2, 0.25) is 0 Å². The number of aromatic nitrogens is 3. The van der Waals surface area contributed by atoms with Gasteiger partial charge >= 0.3 is 0 Å². The highest BCUT2D eigenvalue weighted by molar-refractivity contribution is 5.82. The summed E-state index contributed by atoms with van der Waals surface area (Å²) >= 11 is 0. The summed E-state index contributed by atoms with van der Waals surface area (Å²) in [5, 5.41) is 0.182. The maximum atomic E-state index is 15.0. The Balaban J connectivity index is 0.00000108. The van der Waals surface area contributed by atoms with E-state index < -0.39 is 28.6 Å². The van der Waals surface area contributed by atoms with E-state index in [-0.39, 0.29) is 23.1 Å². The Labute approximate surface area is 232 Å². The standard InChI is InChI=1S/C29H22F3N3O3.CH3FO/c1-29(15-37-26-16(9-11-36)4-3-5-20(26)29)24-14-35(2)28(34-24)19-12-17(6-7-21(19)30)38-27-22(31)13-23-18(25(27)32)8-10-33-23;1-3-2/h3-8,10-14,33H,9,15H2,1-2H3;1H3. The highest BCUT2D eigenvalue weighted by Crippen LogP contribution is 2.45. The summed E-state index contributed by atoms with van der Waals surface area (Å²) in [5.41, 5.74) is 2.12. The van der Waals surface area contributed by atoms with Crippen molar-refractivity contribution in [3.05, 3.63) is 95.2 Å². The minimum atomic E-state index is -0.885. The number of rotatable bonds is 6. The molecule has 0 amide bonds. The lowest BCUT2D eigenvalue weighted by Gasteiger charge is -2.20. The average molecular weight is 568 g/mol. The fraction of sp³-hybridized carbons (Fsp3) is 0.200. The molecule has 1 aliphatic rings. The number of nitrogens with zero attached hydrogens (tertiary/aromatic N) is 2. The van der Waals surface area contributed by atoms with Crippen molar-refractivity contribution in [1.82, 2.24) is 14.5 Å². The number of carbonyl (C=O) groups excluding carboxylic acids is 1. The molecule has 1 N–H and O–H groups in total. The fourth-order valence-corrected chi connectivity index (χ4v) is 4.99. The summed E-state index contributed by atoms with van der Waals surface area (Å²) in [5.74, 6) is -1.85. The summed E-state index contributed by atoms with van der Waals surface area (Å²) in [4.78, 5) is 21.4. The van der Waals surface area contributed by atoms with Crippen LogP contribution < -0.4 is 9.47 Å². The number of halogens is 4. The molecule has 5 aromatic rings. The van der Waals surface area contributed by atoms with E-state index in [4.69, 9.17) is 14.5 Å². The lowest BCUT2D eigenvalue weighted by Crippen LogP contribution is -2.25. The minimum absolute atomic E-state index is 0.0536. The maximum absolute atomic E-state index is 15.0. The number of benzene rings is 3. The van der Waals surface area contributed by atoms with Gasteiger partial charge in [-0.15, -0.1) is 0 Å². The zero-order valence-corrected chi connectivity index (χ0v) is 22.3. The summed E-state index contributed by atoms with van der Waals surface area (Å²) in [7, 11) is 2.70. The van der Waals surface area contributed by atoms with Crippen LogP contribution >= 0.6 is 0 Å². The zero-order valence-electron chi connectivity index (χ0n) is 22.3. The summed E-state index contributed by atoms with van der Waals surface area (Å²) in [6.45, 7) is 2.29. The van der Waals surface area contributed by atoms with E-state index in [0.717, 1.165) is 30.6 Å². The third-order valence-electron chi connectivity index (χ3n) is 7.04. The number of nitrogens with one attached hydrogen (secondary N) is 1. The number of fused-ring (bicyclic) bond motifs is 2. The molecule has 0 saturated heterocycles. The molecule has 1 unspecified atom stereocenters. The first-order valence-electron chi connectivity index (χ1n) is 12.5. The molecule has 0 radical (unpaired) electrons. The second kappa shape index (κ2) is 11.1. The molecule has 2 aromatic heterocycles. The van der Waals surface area contributed by atoms with Crippen molar-refractivity contribution in [1.29, 1.82) is 0 Å². The van der Waals surface area contributed by atoms with Crippen molar-refractivity contribution in [2.75, 3.05) is 13.7 Å². The molecule has 0 aliphatic carbocycles. The highest BCUT2D eigenvalue weighted by atomic mass is 19.3. The molecular weight excluding hydrogens is 542 g/mol. The third-order valence-corrected chi connectivity index (χ3v) is 7.04. The number of imidazole rings is 1. The number of hydrogen-bond acceptors (Lipinski definition) is 5. The van der Waals surface area contributed by atoms with E-state index in [0.29, 0.717) is 29.4 Å². The van der Waals surface area contributed by atoms with Crippen LogP contribution in [0.15, 0.2) is 60.9 Å². The summed E-state index contributed by atoms with van der Waals surface area (Å²) < 4.78 is 67.6. The molecule has 3 heterocycles. The van der Waals surface area contributed by atoms with Gasteiger partial charge in [0.05, 0.1) is 29.3 Å². The number of aryl methyl sites for hydroxylation is 1. The first kappa shape index (κ1) is 27.9. The van der Waals surface area contributed by atoms with E-state index in [9.17, 15) is 18.1 Å². The van der Waals surface area contributed by atoms with Crippen molar-refractivity contribution in [2.45, 2.75) is 18.8 Å². The van der Waals surface area contributed by atoms with Crippen LogP contribution in [0.25, 0.3) is 22.3 Å². The Hall–Kier alpha value is -4.64. The lowest BCUT2D eigenvalue weighted by atomic mass is 9.81. The molecule has 41 heavy (non-hydrogen) atoms. The first-order valence-corrected chi connectivity index (χ1v) is 12.5. The van der Waals surface area contributed by atoms with Gasteiger partial charge in [0.15, 0.2) is 17.4 Å². The van der Waals surface area contributed by atoms with E-state index in [1.807, 2.05) is 25.1 Å². The summed E-state index contributed by atoms with van der Waals surface area (Å²) in [6, 6.07) is 12.1. The van der Waals surface area contributed by atoms with Gasteiger partial charge in [-0.05, 0) is 35.7 Å². The quantitative estimate of drug-likeness (QED) is 0.182. The van der Waals surface area contributed by atoms with Gasteiger partial charge in [-0.1, -0.05) is 18.2 Å². The molecular formula is C30H25F4N3O4. The molecule has 0 fully saturated rings. The Morgan fingerprint density at radius 3 is 2.68 bits per heavy atom. The smallest absolute Gasteiger partial charge is 0.199 e. The lowest BCUT2D eigenvalue weighted by molar-refractivity contribution is -0.107. The first-order chi connectivity index (χ1) is 19.7. The van der Waals surface area contributed by atoms with Gasteiger partial charge in [-0.25, -0.2) is 18.2 Å². The molecule has 7 nitrogen and oxygen atoms in total. The molecule has 1 atom stereocenters. The number of aromatic amines is 1. The Morgan fingerprint density at radius 1 is 1.15 bits per heavy atom. The van der Waals surface area contributed by atoms with Crippen LogP contribution in [-0.4, -0.2) is 34.5 Å². The molecule has 6 rings (SSSR count). The maximum Gasteiger partial charge on any atom is 0.199 e. The zero-order chi connectivity index (χ0) is 29.3. The van der Waals surface area contributed by atoms with Gasteiger partial charge in [0.1, 0.15) is 36.0 Å². The van der Waals surface area contributed by atoms with Gasteiger partial charge in [0.25, 0.3) is 0 Å². The second-order valence-corrected chi connectivity index (χ2v) is 9.68. The van der Waals surface area contributed by atoms with Crippen LogP contribution in [0.5, 0.6) is 17.2 Å². The van der Waals surface area contributed by atoms with Gasteiger partial charge in [-0.2, -0.15) is 4.94 Å². The van der Waals surface area contributed by atoms with E-state index in [2.05, 4.69) is 9.93 Å². The summed E-state index contributed by atoms with van der Waals surface area (Å²) in [6.07, 6.45) is 4.37. The van der Waals surface area contributed by atoms with Crippen LogP contribution in [0.3, 0.4) is 0 Å². The molecule has 212 valence electrons. The van der Waals surface area contributed by atoms with Gasteiger partial charge in [0, 0.05) is 48.4 Å². The molecule has 0 bridgehead atoms. The van der Waals surface area contributed by atoms with E-state index >= 15 is 4.39 Å². The molecule has 1 aliphatic heterocycles. The van der Waals surface area contributed by atoms with Crippen LogP contribution in [0, 0.1) is 17.5 Å². The number of ether oxygens (including phenoxy) is 2. The van der Waals surface area contributed by atoms with Gasteiger partial charge < -0.3 is 23.8 Å². The van der Waals surface area contributed by atoms with Gasteiger partial charge in [-0.3, -0.25) is 0 Å². The SMILES string of the molecule is COF.Cn1cc(C2(C)COc3c(CC=O)cccc32)nc1-c1cc(Oc2c(F)cc3[nH]ccc3c2F)ccc1F. The van der Waals surface area contributed by atoms with Crippen molar-refractivity contribution >= 4 is 17.2 Å². The van der Waals surface area contributed by atoms with E-state index in [1.54, 1.807) is 17.8 Å². The van der Waals surface area contributed by atoms with E-state index in [1.165, 1.54) is 30.5 Å². The third kappa shape index (κ3) is 4.93. The molecule has 0 spiro atoms. The largest absolute Gasteiger partial charge is 0.492 e. The number of carbonyl (C=O) groups is 1. The van der Waals surface area contributed by atoms with Crippen molar-refractivity contribution < 1.29 is 36.9 Å².